The quantitative estimate of drug-likeness (QED) is 0.343. The van der Waals surface area contributed by atoms with Gasteiger partial charge >= 0.3 is 0 Å². The average Bonchev–Trinajstić information content (AvgIpc) is 2.16. The molecule has 0 aliphatic rings. The minimum Gasteiger partial charge on any atom is -0.411 e. The highest BCUT2D eigenvalue weighted by Crippen LogP contribution is 2.15. The maximum atomic E-state index is 11.4. The first kappa shape index (κ1) is 9.74. The van der Waals surface area contributed by atoms with Crippen molar-refractivity contribution in [2.45, 2.75) is 6.92 Å². The number of carbonyl (C=O) groups is 1. The summed E-state index contributed by atoms with van der Waals surface area (Å²) in [5.74, 6) is -0.367. The second-order valence-electron chi connectivity index (χ2n) is 2.49. The predicted octanol–water partition coefficient (Wildman–Crippen LogP) is 2.37. The first-order chi connectivity index (χ1) is 6.16. The largest absolute Gasteiger partial charge is 0.411 e. The highest BCUT2D eigenvalue weighted by molar-refractivity contribution is 6.48. The van der Waals surface area contributed by atoms with Gasteiger partial charge in [-0.05, 0) is 19.1 Å². The van der Waals surface area contributed by atoms with Crippen molar-refractivity contribution in [1.82, 2.24) is 0 Å². The van der Waals surface area contributed by atoms with Gasteiger partial charge in [-0.3, -0.25) is 4.79 Å². The fourth-order valence-electron chi connectivity index (χ4n) is 0.886. The Bertz CT molecular complexity index is 360. The molecule has 1 aromatic rings. The molecule has 4 heteroatoms. The van der Waals surface area contributed by atoms with Gasteiger partial charge in [0.25, 0.3) is 0 Å². The third-order valence-corrected chi connectivity index (χ3v) is 1.93. The summed E-state index contributed by atoms with van der Waals surface area (Å²) < 4.78 is 0. The van der Waals surface area contributed by atoms with Gasteiger partial charge in [-0.15, -0.1) is 0 Å². The van der Waals surface area contributed by atoms with E-state index in [0.717, 1.165) is 0 Å². The molecule has 0 aliphatic heterocycles. The number of carbonyl (C=O) groups excluding carboxylic acids is 1. The molecule has 1 aromatic carbocycles. The molecule has 0 saturated carbocycles. The molecular weight excluding hydrogens is 190 g/mol. The molecule has 13 heavy (non-hydrogen) atoms. The molecule has 1 N–H and O–H groups in total. The van der Waals surface area contributed by atoms with Crippen LogP contribution >= 0.6 is 11.6 Å². The number of hydrogen-bond acceptors (Lipinski definition) is 3. The molecule has 0 aromatic heterocycles. The SMILES string of the molecule is C/C(=N/O)C(=O)c1ccccc1Cl. The topological polar surface area (TPSA) is 49.7 Å². The van der Waals surface area contributed by atoms with E-state index in [0.29, 0.717) is 10.6 Å². The van der Waals surface area contributed by atoms with E-state index in [1.165, 1.54) is 6.92 Å². The molecule has 0 spiro atoms. The molecule has 0 atom stereocenters. The molecule has 0 radical (unpaired) electrons. The molecule has 0 amide bonds. The Balaban J connectivity index is 3.10. The molecule has 3 nitrogen and oxygen atoms in total. The Hall–Kier alpha value is -1.35. The van der Waals surface area contributed by atoms with E-state index in [1.807, 2.05) is 0 Å². The van der Waals surface area contributed by atoms with Gasteiger partial charge in [0, 0.05) is 5.56 Å². The Labute approximate surface area is 80.6 Å². The van der Waals surface area contributed by atoms with Gasteiger partial charge in [-0.1, -0.05) is 28.9 Å². The van der Waals surface area contributed by atoms with E-state index in [9.17, 15) is 4.79 Å². The highest BCUT2D eigenvalue weighted by Gasteiger charge is 2.12. The van der Waals surface area contributed by atoms with Crippen LogP contribution in [0.4, 0.5) is 0 Å². The van der Waals surface area contributed by atoms with E-state index < -0.39 is 0 Å². The van der Waals surface area contributed by atoms with Crippen molar-refractivity contribution in [3.63, 3.8) is 0 Å². The van der Waals surface area contributed by atoms with Crippen LogP contribution in [0.1, 0.15) is 17.3 Å². The summed E-state index contributed by atoms with van der Waals surface area (Å²) in [6.07, 6.45) is 0. The Kier molecular flexibility index (Phi) is 3.03. The van der Waals surface area contributed by atoms with Crippen LogP contribution in [-0.2, 0) is 0 Å². The van der Waals surface area contributed by atoms with Gasteiger partial charge in [-0.2, -0.15) is 0 Å². The van der Waals surface area contributed by atoms with Crippen molar-refractivity contribution >= 4 is 23.1 Å². The van der Waals surface area contributed by atoms with Crippen molar-refractivity contribution in [3.05, 3.63) is 34.9 Å². The minimum atomic E-state index is -0.367. The van der Waals surface area contributed by atoms with Crippen LogP contribution < -0.4 is 0 Å². The zero-order chi connectivity index (χ0) is 9.84. The third-order valence-electron chi connectivity index (χ3n) is 1.60. The number of oxime groups is 1. The highest BCUT2D eigenvalue weighted by atomic mass is 35.5. The molecule has 1 rings (SSSR count). The first-order valence-electron chi connectivity index (χ1n) is 3.64. The predicted molar refractivity (Wildman–Crippen MR) is 50.7 cm³/mol. The van der Waals surface area contributed by atoms with Gasteiger partial charge in [0.05, 0.1) is 5.02 Å². The summed E-state index contributed by atoms with van der Waals surface area (Å²) in [7, 11) is 0. The number of benzene rings is 1. The zero-order valence-corrected chi connectivity index (χ0v) is 7.75. The van der Waals surface area contributed by atoms with Gasteiger partial charge < -0.3 is 5.21 Å². The van der Waals surface area contributed by atoms with Crippen LogP contribution in [0.5, 0.6) is 0 Å². The summed E-state index contributed by atoms with van der Waals surface area (Å²) in [4.78, 5) is 11.4. The summed E-state index contributed by atoms with van der Waals surface area (Å²) >= 11 is 5.76. The molecule has 0 saturated heterocycles. The van der Waals surface area contributed by atoms with Crippen molar-refractivity contribution in [2.75, 3.05) is 0 Å². The molecular formula is C9H8ClNO2. The normalized spacial score (nSPS) is 11.4. The van der Waals surface area contributed by atoms with Gasteiger partial charge in [-0.25, -0.2) is 0 Å². The van der Waals surface area contributed by atoms with E-state index in [2.05, 4.69) is 5.16 Å². The summed E-state index contributed by atoms with van der Waals surface area (Å²) in [5.41, 5.74) is 0.368. The lowest BCUT2D eigenvalue weighted by molar-refractivity contribution is 0.106. The smallest absolute Gasteiger partial charge is 0.211 e. The standard InChI is InChI=1S/C9H8ClNO2/c1-6(11-13)9(12)7-4-2-3-5-8(7)10/h2-5,13H,1H3/b11-6-. The van der Waals surface area contributed by atoms with Crippen LogP contribution in [-0.4, -0.2) is 16.7 Å². The Morgan fingerprint density at radius 1 is 1.46 bits per heavy atom. The molecule has 0 unspecified atom stereocenters. The van der Waals surface area contributed by atoms with Gasteiger partial charge in [0.1, 0.15) is 5.71 Å². The van der Waals surface area contributed by atoms with Crippen LogP contribution in [0.25, 0.3) is 0 Å². The molecule has 0 bridgehead atoms. The van der Waals surface area contributed by atoms with E-state index in [1.54, 1.807) is 24.3 Å². The fourth-order valence-corrected chi connectivity index (χ4v) is 1.11. The Morgan fingerprint density at radius 2 is 2.08 bits per heavy atom. The number of nitrogens with zero attached hydrogens (tertiary/aromatic N) is 1. The number of rotatable bonds is 2. The molecule has 0 heterocycles. The Morgan fingerprint density at radius 3 is 2.62 bits per heavy atom. The van der Waals surface area contributed by atoms with Crippen molar-refractivity contribution in [1.29, 1.82) is 0 Å². The van der Waals surface area contributed by atoms with E-state index >= 15 is 0 Å². The minimum absolute atomic E-state index is 0.0214. The monoisotopic (exact) mass is 197 g/mol. The zero-order valence-electron chi connectivity index (χ0n) is 6.99. The van der Waals surface area contributed by atoms with Crippen LogP contribution in [0, 0.1) is 0 Å². The first-order valence-corrected chi connectivity index (χ1v) is 4.02. The molecule has 68 valence electrons. The van der Waals surface area contributed by atoms with Crippen LogP contribution in [0.3, 0.4) is 0 Å². The summed E-state index contributed by atoms with van der Waals surface area (Å²) in [5, 5.41) is 11.6. The summed E-state index contributed by atoms with van der Waals surface area (Å²) in [6, 6.07) is 6.62. The van der Waals surface area contributed by atoms with Crippen LogP contribution in [0.2, 0.25) is 5.02 Å². The second-order valence-corrected chi connectivity index (χ2v) is 2.90. The van der Waals surface area contributed by atoms with Crippen LogP contribution in [0.15, 0.2) is 29.4 Å². The van der Waals surface area contributed by atoms with E-state index in [4.69, 9.17) is 16.8 Å². The second kappa shape index (κ2) is 4.05. The molecule has 0 aliphatic carbocycles. The number of Topliss-reactive ketones (excluding diaryl/α,β-unsaturated/α-hetero) is 1. The van der Waals surface area contributed by atoms with Crippen molar-refractivity contribution in [3.8, 4) is 0 Å². The average molecular weight is 198 g/mol. The maximum absolute atomic E-state index is 11.4. The lowest BCUT2D eigenvalue weighted by Gasteiger charge is -2.00. The van der Waals surface area contributed by atoms with Crippen molar-refractivity contribution in [2.24, 2.45) is 5.16 Å². The maximum Gasteiger partial charge on any atom is 0.211 e. The van der Waals surface area contributed by atoms with Gasteiger partial charge in [0.2, 0.25) is 5.78 Å². The number of hydrogen-bond donors (Lipinski definition) is 1. The lowest BCUT2D eigenvalue weighted by Crippen LogP contribution is -2.10. The summed E-state index contributed by atoms with van der Waals surface area (Å²) in [6.45, 7) is 1.42. The number of halogens is 1. The fraction of sp³-hybridized carbons (Fsp3) is 0.111. The van der Waals surface area contributed by atoms with E-state index in [-0.39, 0.29) is 11.5 Å². The third kappa shape index (κ3) is 2.06. The van der Waals surface area contributed by atoms with Crippen molar-refractivity contribution < 1.29 is 10.0 Å². The lowest BCUT2D eigenvalue weighted by atomic mass is 10.1. The molecule has 0 fully saturated rings. The van der Waals surface area contributed by atoms with Gasteiger partial charge in [0.15, 0.2) is 0 Å². The number of ketones is 1.